The number of carbonyl (C=O) groups excluding carboxylic acids is 4. The van der Waals surface area contributed by atoms with Crippen molar-refractivity contribution in [1.29, 1.82) is 0 Å². The molecular weight excluding hydrogens is 976 g/mol. The van der Waals surface area contributed by atoms with E-state index in [2.05, 4.69) is 30.7 Å². The molecule has 4 heterocycles. The number of alkyl halides is 3. The molecule has 2 aliphatic heterocycles. The minimum absolute atomic E-state index is 0. The van der Waals surface area contributed by atoms with E-state index in [1.54, 1.807) is 16.8 Å². The maximum absolute atomic E-state index is 14.1. The molecule has 4 amide bonds. The van der Waals surface area contributed by atoms with Crippen molar-refractivity contribution in [3.63, 3.8) is 0 Å². The van der Waals surface area contributed by atoms with Gasteiger partial charge in [0.25, 0.3) is 5.91 Å². The van der Waals surface area contributed by atoms with Crippen molar-refractivity contribution in [3.05, 3.63) is 100 Å². The third-order valence-corrected chi connectivity index (χ3v) is 15.2. The van der Waals surface area contributed by atoms with Gasteiger partial charge in [-0.3, -0.25) is 34.3 Å². The first-order valence-corrected chi connectivity index (χ1v) is 25.9. The molecule has 3 atom stereocenters. The molecule has 0 spiro atoms. The number of halogens is 3. The van der Waals surface area contributed by atoms with Crippen molar-refractivity contribution in [2.75, 3.05) is 64.4 Å². The molecule has 5 N–H and O–H groups in total. The smallest absolute Gasteiger partial charge is 0.396 e. The Kier molecular flexibility index (Phi) is 18.4. The van der Waals surface area contributed by atoms with Crippen molar-refractivity contribution < 1.29 is 47.3 Å². The lowest BCUT2D eigenvalue weighted by atomic mass is 9.85. The van der Waals surface area contributed by atoms with Gasteiger partial charge in [-0.25, -0.2) is 9.97 Å². The van der Waals surface area contributed by atoms with E-state index in [-0.39, 0.29) is 69.5 Å². The highest BCUT2D eigenvalue weighted by Gasteiger charge is 2.44. The molecule has 3 aliphatic rings. The number of aromatic nitrogens is 3. The van der Waals surface area contributed by atoms with Gasteiger partial charge in [-0.05, 0) is 91.0 Å². The number of β-amino-alcohol motifs (C(OH)–C–C–N with tert-alkyl or cyclic N) is 1. The molecule has 0 unspecified atom stereocenters. The Balaban J connectivity index is 0.00000800. The zero-order chi connectivity index (χ0) is 52.0. The topological polar surface area (TPSA) is 194 Å². The summed E-state index contributed by atoms with van der Waals surface area (Å²) in [6.45, 7) is 12.2. The molecule has 400 valence electrons. The van der Waals surface area contributed by atoms with Crippen LogP contribution in [0.5, 0.6) is 0 Å². The molecule has 74 heavy (non-hydrogen) atoms. The molecule has 20 heteroatoms. The number of ether oxygens (including phenoxy) is 1. The molecule has 1 aliphatic carbocycles. The summed E-state index contributed by atoms with van der Waals surface area (Å²) in [5.41, 5.74) is 5.43. The molecular formula is C54H70F3N9O7S. The zero-order valence-electron chi connectivity index (χ0n) is 41.8. The van der Waals surface area contributed by atoms with Crippen molar-refractivity contribution in [3.8, 4) is 10.4 Å². The number of fused-ring (bicyclic) bond motifs is 1. The van der Waals surface area contributed by atoms with Gasteiger partial charge in [0.05, 0.1) is 45.4 Å². The van der Waals surface area contributed by atoms with Gasteiger partial charge >= 0.3 is 6.18 Å². The lowest BCUT2D eigenvalue weighted by molar-refractivity contribution is -0.144. The van der Waals surface area contributed by atoms with Crippen LogP contribution in [-0.4, -0.2) is 140 Å². The third-order valence-electron chi connectivity index (χ3n) is 14.2. The van der Waals surface area contributed by atoms with E-state index < -0.39 is 53.1 Å². The fraction of sp³-hybridized carbons (Fsp3) is 0.519. The normalized spacial score (nSPS) is 20.3. The second-order valence-electron chi connectivity index (χ2n) is 20.6. The van der Waals surface area contributed by atoms with Crippen LogP contribution in [0.1, 0.15) is 99.1 Å². The average Bonchev–Trinajstić information content (AvgIpc) is 4.09. The lowest BCUT2D eigenvalue weighted by Crippen LogP contribution is -2.58. The van der Waals surface area contributed by atoms with Crippen LogP contribution < -0.4 is 16.0 Å². The van der Waals surface area contributed by atoms with Crippen LogP contribution in [0.4, 0.5) is 19.1 Å². The predicted molar refractivity (Wildman–Crippen MR) is 278 cm³/mol. The van der Waals surface area contributed by atoms with E-state index >= 15 is 0 Å². The van der Waals surface area contributed by atoms with E-state index in [9.17, 15) is 42.6 Å². The van der Waals surface area contributed by atoms with E-state index in [1.807, 2.05) is 74.7 Å². The summed E-state index contributed by atoms with van der Waals surface area (Å²) in [7, 11) is 0. The van der Waals surface area contributed by atoms with Crippen LogP contribution in [-0.2, 0) is 38.4 Å². The van der Waals surface area contributed by atoms with E-state index in [0.717, 1.165) is 96.8 Å². The van der Waals surface area contributed by atoms with Gasteiger partial charge in [0.2, 0.25) is 23.7 Å². The number of aryl methyl sites for hydroxylation is 1. The number of rotatable bonds is 17. The Morgan fingerprint density at radius 3 is 2.28 bits per heavy atom. The minimum Gasteiger partial charge on any atom is -0.396 e. The number of hydrogen-bond acceptors (Lipinski definition) is 12. The van der Waals surface area contributed by atoms with Gasteiger partial charge in [0, 0.05) is 77.0 Å². The van der Waals surface area contributed by atoms with Crippen molar-refractivity contribution in [2.45, 2.75) is 111 Å². The standard InChI is InChI=1S/C53H66F3N9O7S.CH4/c1-33-46(73-32-58-33)37-13-8-34(9-14-37)27-57-49(70)44-26-41(67)29-64(44)50(71)47(52(2,3)4)60-45(68)31-72-23-22-62-18-20-63(21-19-62)28-36-12-17-43-42(24-36)59-51(65(43)40-15-10-35(30-66)11-16-40)61-48(69)38-6-5-7-39(25-38)53(54,55)56;/h5-9,12-14,17,24-25,32,35,40-41,44,47,66-67H,10-11,15-16,18-23,26-31H2,1-4H3,(H,57,70)(H,60,68)(H,59,61,69);1H4/t35?,40?,41-,44+,47-;/m1./s1. The summed E-state index contributed by atoms with van der Waals surface area (Å²) in [4.78, 5) is 70.4. The number of thiazole rings is 1. The number of aliphatic hydroxyl groups is 2. The molecule has 1 saturated carbocycles. The minimum atomic E-state index is -4.59. The predicted octanol–water partition coefficient (Wildman–Crippen LogP) is 7.04. The second-order valence-corrected chi connectivity index (χ2v) is 21.5. The SMILES string of the molecule is C.Cc1ncsc1-c1ccc(CNC(=O)[C@@H]2C[C@@H](O)CN2C(=O)[C@@H](NC(=O)COCCN2CCN(Cc3ccc4c(c3)nc(NC(=O)c3cccc(C(F)(F)F)c3)n4C3CCC(CO)CC3)CC2)C(C)(C)C)cc1. The number of nitrogens with zero attached hydrogens (tertiary/aromatic N) is 6. The zero-order valence-corrected chi connectivity index (χ0v) is 42.6. The Bertz CT molecular complexity index is 2730. The number of anilines is 1. The largest absolute Gasteiger partial charge is 0.416 e. The molecule has 8 rings (SSSR count). The highest BCUT2D eigenvalue weighted by atomic mass is 32.1. The number of hydrogen-bond donors (Lipinski definition) is 5. The number of imidazole rings is 1. The van der Waals surface area contributed by atoms with Crippen LogP contribution in [0, 0.1) is 18.3 Å². The van der Waals surface area contributed by atoms with Crippen LogP contribution in [0.15, 0.2) is 72.2 Å². The fourth-order valence-electron chi connectivity index (χ4n) is 10.1. The summed E-state index contributed by atoms with van der Waals surface area (Å²) in [5, 5.41) is 29.0. The van der Waals surface area contributed by atoms with Gasteiger partial charge in [-0.2, -0.15) is 13.2 Å². The number of benzene rings is 3. The molecule has 2 aromatic heterocycles. The highest BCUT2D eigenvalue weighted by molar-refractivity contribution is 7.13. The van der Waals surface area contributed by atoms with E-state index in [4.69, 9.17) is 9.72 Å². The van der Waals surface area contributed by atoms with Gasteiger partial charge in [0.15, 0.2) is 0 Å². The summed E-state index contributed by atoms with van der Waals surface area (Å²) < 4.78 is 48.2. The Labute approximate surface area is 434 Å². The Hall–Kier alpha value is -5.77. The van der Waals surface area contributed by atoms with Gasteiger partial charge in [0.1, 0.15) is 18.7 Å². The second kappa shape index (κ2) is 24.3. The summed E-state index contributed by atoms with van der Waals surface area (Å²) in [5.74, 6) is -1.51. The maximum Gasteiger partial charge on any atom is 0.416 e. The third kappa shape index (κ3) is 13.7. The van der Waals surface area contributed by atoms with Crippen LogP contribution >= 0.6 is 11.3 Å². The first-order valence-electron chi connectivity index (χ1n) is 25.0. The molecule has 5 aromatic rings. The number of likely N-dealkylation sites (tertiary alicyclic amines) is 1. The van der Waals surface area contributed by atoms with E-state index in [0.29, 0.717) is 25.2 Å². The monoisotopic (exact) mass is 1050 g/mol. The lowest BCUT2D eigenvalue weighted by Gasteiger charge is -2.35. The summed E-state index contributed by atoms with van der Waals surface area (Å²) in [6, 6.07) is 16.3. The quantitative estimate of drug-likeness (QED) is 0.0600. The van der Waals surface area contributed by atoms with Crippen LogP contribution in [0.25, 0.3) is 21.5 Å². The molecule has 2 saturated heterocycles. The number of aliphatic hydroxyl groups excluding tert-OH is 2. The highest BCUT2D eigenvalue weighted by Crippen LogP contribution is 2.38. The maximum atomic E-state index is 14.1. The van der Waals surface area contributed by atoms with Gasteiger partial charge in [-0.15, -0.1) is 11.3 Å². The summed E-state index contributed by atoms with van der Waals surface area (Å²) in [6.07, 6.45) is -2.28. The van der Waals surface area contributed by atoms with Gasteiger partial charge in [-0.1, -0.05) is 64.6 Å². The molecule has 0 radical (unpaired) electrons. The van der Waals surface area contributed by atoms with Crippen molar-refractivity contribution >= 4 is 51.9 Å². The number of nitrogens with one attached hydrogen (secondary N) is 3. The average molecular weight is 1050 g/mol. The molecule has 3 aromatic carbocycles. The summed E-state index contributed by atoms with van der Waals surface area (Å²) >= 11 is 1.56. The molecule has 16 nitrogen and oxygen atoms in total. The number of amides is 4. The fourth-order valence-corrected chi connectivity index (χ4v) is 10.9. The van der Waals surface area contributed by atoms with Gasteiger partial charge < -0.3 is 35.1 Å². The van der Waals surface area contributed by atoms with Crippen molar-refractivity contribution in [2.24, 2.45) is 11.3 Å². The number of carbonyl (C=O) groups is 4. The Morgan fingerprint density at radius 1 is 0.919 bits per heavy atom. The first-order chi connectivity index (χ1) is 34.8. The Morgan fingerprint density at radius 2 is 1.62 bits per heavy atom. The van der Waals surface area contributed by atoms with Crippen LogP contribution in [0.3, 0.4) is 0 Å². The first kappa shape index (κ1) is 56.0. The van der Waals surface area contributed by atoms with E-state index in [1.165, 1.54) is 17.0 Å². The van der Waals surface area contributed by atoms with Crippen molar-refractivity contribution in [1.82, 2.24) is 39.9 Å². The molecule has 3 fully saturated rings. The molecule has 0 bridgehead atoms. The number of piperazine rings is 1. The van der Waals surface area contributed by atoms with Crippen LogP contribution in [0.2, 0.25) is 0 Å².